The molecule has 0 aromatic heterocycles. The third-order valence-electron chi connectivity index (χ3n) is 1.34. The molecule has 0 aliphatic carbocycles. The highest BCUT2D eigenvalue weighted by Gasteiger charge is 2.05. The highest BCUT2D eigenvalue weighted by Crippen LogP contribution is 2.33. The minimum absolute atomic E-state index is 0.116. The summed E-state index contributed by atoms with van der Waals surface area (Å²) in [5, 5.41) is 18.1. The summed E-state index contributed by atoms with van der Waals surface area (Å²) in [5.41, 5.74) is 5.97. The molecule has 0 amide bonds. The van der Waals surface area contributed by atoms with Crippen LogP contribution in [0, 0.1) is 0 Å². The molecular weight excluding hydrogens is 166 g/mol. The van der Waals surface area contributed by atoms with E-state index in [4.69, 9.17) is 27.5 Å². The largest absolute Gasteiger partial charge is 0.504 e. The first-order valence-corrected chi connectivity index (χ1v) is 3.43. The molecule has 0 aliphatic rings. The summed E-state index contributed by atoms with van der Waals surface area (Å²) in [6.07, 6.45) is 0. The molecule has 0 fully saturated rings. The van der Waals surface area contributed by atoms with Crippen LogP contribution in [0.1, 0.15) is 5.56 Å². The van der Waals surface area contributed by atoms with Crippen LogP contribution in [0.3, 0.4) is 0 Å². The highest BCUT2D eigenvalue weighted by molar-refractivity contribution is 6.32. The fraction of sp³-hybridized carbons (Fsp3) is 0.143. The Morgan fingerprint density at radius 1 is 1.36 bits per heavy atom. The Morgan fingerprint density at radius 2 is 2.00 bits per heavy atom. The van der Waals surface area contributed by atoms with E-state index >= 15 is 0 Å². The third-order valence-corrected chi connectivity index (χ3v) is 1.63. The zero-order valence-electron chi connectivity index (χ0n) is 5.71. The van der Waals surface area contributed by atoms with Gasteiger partial charge in [-0.25, -0.2) is 0 Å². The summed E-state index contributed by atoms with van der Waals surface area (Å²) in [4.78, 5) is 0. The molecule has 0 radical (unpaired) electrons. The predicted octanol–water partition coefficient (Wildman–Crippen LogP) is 1.21. The number of nitrogens with two attached hydrogens (primary N) is 1. The van der Waals surface area contributed by atoms with Gasteiger partial charge < -0.3 is 15.9 Å². The molecule has 3 nitrogen and oxygen atoms in total. The van der Waals surface area contributed by atoms with Crippen molar-refractivity contribution in [3.05, 3.63) is 22.7 Å². The first-order chi connectivity index (χ1) is 5.15. The summed E-state index contributed by atoms with van der Waals surface area (Å²) in [7, 11) is 0. The van der Waals surface area contributed by atoms with Gasteiger partial charge in [-0.2, -0.15) is 0 Å². The van der Waals surface area contributed by atoms with Gasteiger partial charge >= 0.3 is 0 Å². The van der Waals surface area contributed by atoms with Crippen molar-refractivity contribution in [3.63, 3.8) is 0 Å². The first-order valence-electron chi connectivity index (χ1n) is 3.05. The molecule has 4 heteroatoms. The second-order valence-corrected chi connectivity index (χ2v) is 2.56. The van der Waals surface area contributed by atoms with Gasteiger partial charge in [-0.05, 0) is 17.7 Å². The van der Waals surface area contributed by atoms with Crippen LogP contribution in [-0.2, 0) is 6.54 Å². The van der Waals surface area contributed by atoms with Gasteiger partial charge in [0, 0.05) is 6.54 Å². The molecule has 0 bridgehead atoms. The monoisotopic (exact) mass is 173 g/mol. The van der Waals surface area contributed by atoms with E-state index in [2.05, 4.69) is 0 Å². The number of hydrogen-bond donors (Lipinski definition) is 3. The maximum Gasteiger partial charge on any atom is 0.176 e. The predicted molar refractivity (Wildman–Crippen MR) is 42.7 cm³/mol. The Bertz CT molecular complexity index is 252. The van der Waals surface area contributed by atoms with Crippen LogP contribution < -0.4 is 5.73 Å². The van der Waals surface area contributed by atoms with Crippen molar-refractivity contribution in [1.29, 1.82) is 0 Å². The number of benzene rings is 1. The second kappa shape index (κ2) is 2.98. The van der Waals surface area contributed by atoms with Crippen LogP contribution in [-0.4, -0.2) is 10.2 Å². The van der Waals surface area contributed by atoms with E-state index in [1.807, 2.05) is 0 Å². The summed E-state index contributed by atoms with van der Waals surface area (Å²) in [6.45, 7) is 0.285. The van der Waals surface area contributed by atoms with Crippen molar-refractivity contribution >= 4 is 11.6 Å². The number of rotatable bonds is 1. The van der Waals surface area contributed by atoms with E-state index in [1.54, 1.807) is 0 Å². The molecule has 0 aliphatic heterocycles. The summed E-state index contributed by atoms with van der Waals surface area (Å²) < 4.78 is 0. The van der Waals surface area contributed by atoms with E-state index in [0.29, 0.717) is 5.56 Å². The lowest BCUT2D eigenvalue weighted by Crippen LogP contribution is -1.95. The van der Waals surface area contributed by atoms with Crippen LogP contribution in [0.15, 0.2) is 12.1 Å². The van der Waals surface area contributed by atoms with Gasteiger partial charge in [0.2, 0.25) is 0 Å². The molecule has 1 rings (SSSR count). The quantitative estimate of drug-likeness (QED) is 0.560. The van der Waals surface area contributed by atoms with Crippen LogP contribution in [0.2, 0.25) is 5.02 Å². The maximum absolute atomic E-state index is 9.02. The minimum Gasteiger partial charge on any atom is -0.504 e. The maximum atomic E-state index is 9.02. The molecule has 11 heavy (non-hydrogen) atoms. The fourth-order valence-corrected chi connectivity index (χ4v) is 0.994. The Hall–Kier alpha value is -0.930. The molecule has 0 heterocycles. The van der Waals surface area contributed by atoms with Gasteiger partial charge in [-0.3, -0.25) is 0 Å². The lowest BCUT2D eigenvalue weighted by molar-refractivity contribution is 0.403. The third kappa shape index (κ3) is 1.56. The van der Waals surface area contributed by atoms with Crippen molar-refractivity contribution in [2.24, 2.45) is 5.73 Å². The average molecular weight is 174 g/mol. The van der Waals surface area contributed by atoms with E-state index in [-0.39, 0.29) is 23.1 Å². The molecule has 0 spiro atoms. The van der Waals surface area contributed by atoms with Crippen molar-refractivity contribution in [2.45, 2.75) is 6.54 Å². The molecule has 1 aromatic rings. The topological polar surface area (TPSA) is 66.5 Å². The second-order valence-electron chi connectivity index (χ2n) is 2.15. The molecule has 0 atom stereocenters. The number of hydrogen-bond acceptors (Lipinski definition) is 3. The molecule has 1 aromatic carbocycles. The van der Waals surface area contributed by atoms with Crippen LogP contribution >= 0.6 is 11.6 Å². The Morgan fingerprint density at radius 3 is 2.45 bits per heavy atom. The van der Waals surface area contributed by atoms with Gasteiger partial charge in [0.05, 0.1) is 5.02 Å². The van der Waals surface area contributed by atoms with E-state index < -0.39 is 0 Å². The SMILES string of the molecule is NCc1cc(O)c(O)c(Cl)c1. The summed E-state index contributed by atoms with van der Waals surface area (Å²) in [5.74, 6) is -0.540. The van der Waals surface area contributed by atoms with Crippen molar-refractivity contribution in [2.75, 3.05) is 0 Å². The number of aromatic hydroxyl groups is 2. The smallest absolute Gasteiger partial charge is 0.176 e. The molecule has 0 unspecified atom stereocenters. The standard InChI is InChI=1S/C7H8ClNO2/c8-5-1-4(3-9)2-6(10)7(5)11/h1-2,10-11H,3,9H2. The van der Waals surface area contributed by atoms with Gasteiger partial charge in [-0.1, -0.05) is 11.6 Å². The van der Waals surface area contributed by atoms with E-state index in [0.717, 1.165) is 0 Å². The number of phenols is 2. The van der Waals surface area contributed by atoms with Crippen LogP contribution in [0.5, 0.6) is 11.5 Å². The average Bonchev–Trinajstić information content (AvgIpc) is 1.99. The van der Waals surface area contributed by atoms with Crippen molar-refractivity contribution < 1.29 is 10.2 Å². The number of halogens is 1. The van der Waals surface area contributed by atoms with Gasteiger partial charge in [-0.15, -0.1) is 0 Å². The van der Waals surface area contributed by atoms with Gasteiger partial charge in [0.1, 0.15) is 0 Å². The summed E-state index contributed by atoms with van der Waals surface area (Å²) >= 11 is 5.53. The zero-order valence-corrected chi connectivity index (χ0v) is 6.47. The zero-order chi connectivity index (χ0) is 8.43. The van der Waals surface area contributed by atoms with E-state index in [9.17, 15) is 0 Å². The Kier molecular flexibility index (Phi) is 2.22. The highest BCUT2D eigenvalue weighted by atomic mass is 35.5. The van der Waals surface area contributed by atoms with E-state index in [1.165, 1.54) is 12.1 Å². The van der Waals surface area contributed by atoms with Crippen LogP contribution in [0.25, 0.3) is 0 Å². The first kappa shape index (κ1) is 8.17. The van der Waals surface area contributed by atoms with Gasteiger partial charge in [0.15, 0.2) is 11.5 Å². The van der Waals surface area contributed by atoms with Gasteiger partial charge in [0.25, 0.3) is 0 Å². The minimum atomic E-state index is -0.302. The number of phenolic OH excluding ortho intramolecular Hbond substituents is 2. The Labute approximate surface area is 69.0 Å². The molecular formula is C7H8ClNO2. The fourth-order valence-electron chi connectivity index (χ4n) is 0.757. The van der Waals surface area contributed by atoms with Crippen molar-refractivity contribution in [1.82, 2.24) is 0 Å². The normalized spacial score (nSPS) is 10.0. The Balaban J connectivity index is 3.21. The van der Waals surface area contributed by atoms with Crippen molar-refractivity contribution in [3.8, 4) is 11.5 Å². The lowest BCUT2D eigenvalue weighted by Gasteiger charge is -2.02. The molecule has 0 saturated heterocycles. The molecule has 0 saturated carbocycles. The summed E-state index contributed by atoms with van der Waals surface area (Å²) in [6, 6.07) is 2.89. The molecule has 60 valence electrons. The lowest BCUT2D eigenvalue weighted by atomic mass is 10.2. The van der Waals surface area contributed by atoms with Crippen LogP contribution in [0.4, 0.5) is 0 Å². The molecule has 4 N–H and O–H groups in total.